The van der Waals surface area contributed by atoms with Crippen LogP contribution in [0.3, 0.4) is 0 Å². The van der Waals surface area contributed by atoms with Gasteiger partial charge in [-0.25, -0.2) is 0 Å². The molecule has 0 spiro atoms. The van der Waals surface area contributed by atoms with Gasteiger partial charge in [0.1, 0.15) is 5.75 Å². The lowest BCUT2D eigenvalue weighted by molar-refractivity contribution is 0.0982. The summed E-state index contributed by atoms with van der Waals surface area (Å²) >= 11 is 0. The minimum atomic E-state index is 0.191. The number of hydrogen-bond acceptors (Lipinski definition) is 3. The van der Waals surface area contributed by atoms with Gasteiger partial charge in [0.05, 0.1) is 7.11 Å². The van der Waals surface area contributed by atoms with Crippen molar-refractivity contribution in [3.05, 3.63) is 29.8 Å². The molecule has 1 saturated carbocycles. The Balaban J connectivity index is 1.81. The average Bonchev–Trinajstić information content (AvgIpc) is 3.13. The number of methoxy groups -OCH3 is 1. The summed E-state index contributed by atoms with van der Waals surface area (Å²) < 4.78 is 5.05. The highest BCUT2D eigenvalue weighted by atomic mass is 16.5. The van der Waals surface area contributed by atoms with E-state index in [2.05, 4.69) is 5.32 Å². The fourth-order valence-electron chi connectivity index (χ4n) is 1.60. The number of nitrogens with one attached hydrogen (secondary N) is 1. The quantitative estimate of drug-likeness (QED) is 0.744. The van der Waals surface area contributed by atoms with E-state index >= 15 is 0 Å². The van der Waals surface area contributed by atoms with Gasteiger partial charge >= 0.3 is 0 Å². The number of hydrogen-bond donors (Lipinski definition) is 1. The number of ether oxygens (including phenoxy) is 1. The Labute approximate surface area is 95.8 Å². The van der Waals surface area contributed by atoms with E-state index in [1.807, 2.05) is 24.3 Å². The van der Waals surface area contributed by atoms with Crippen LogP contribution in [0.1, 0.15) is 29.6 Å². The van der Waals surface area contributed by atoms with Gasteiger partial charge in [0, 0.05) is 24.6 Å². The van der Waals surface area contributed by atoms with Gasteiger partial charge in [-0.05, 0) is 37.1 Å². The average molecular weight is 219 g/mol. The minimum absolute atomic E-state index is 0.191. The van der Waals surface area contributed by atoms with Crippen LogP contribution in [0, 0.1) is 0 Å². The monoisotopic (exact) mass is 219 g/mol. The number of ketones is 1. The number of carbonyl (C=O) groups excluding carboxylic acids is 1. The molecule has 16 heavy (non-hydrogen) atoms. The maximum absolute atomic E-state index is 11.8. The molecule has 0 atom stereocenters. The van der Waals surface area contributed by atoms with Gasteiger partial charge in [0.2, 0.25) is 0 Å². The third-order valence-corrected chi connectivity index (χ3v) is 2.77. The number of carbonyl (C=O) groups is 1. The molecule has 0 bridgehead atoms. The Morgan fingerprint density at radius 2 is 2.06 bits per heavy atom. The van der Waals surface area contributed by atoms with Crippen LogP contribution in [-0.4, -0.2) is 25.5 Å². The third-order valence-electron chi connectivity index (χ3n) is 2.77. The Morgan fingerprint density at radius 3 is 2.62 bits per heavy atom. The third kappa shape index (κ3) is 3.07. The highest BCUT2D eigenvalue weighted by molar-refractivity contribution is 5.96. The molecule has 1 aliphatic rings. The van der Waals surface area contributed by atoms with Crippen LogP contribution in [-0.2, 0) is 0 Å². The molecule has 0 aromatic heterocycles. The second-order valence-corrected chi connectivity index (χ2v) is 4.13. The molecule has 0 unspecified atom stereocenters. The lowest BCUT2D eigenvalue weighted by atomic mass is 10.1. The molecule has 1 fully saturated rings. The lowest BCUT2D eigenvalue weighted by Crippen LogP contribution is -2.20. The highest BCUT2D eigenvalue weighted by Crippen LogP contribution is 2.18. The molecule has 0 radical (unpaired) electrons. The molecule has 86 valence electrons. The van der Waals surface area contributed by atoms with Crippen LogP contribution in [0.2, 0.25) is 0 Å². The molecular formula is C13H17NO2. The van der Waals surface area contributed by atoms with Crippen molar-refractivity contribution in [3.63, 3.8) is 0 Å². The summed E-state index contributed by atoms with van der Waals surface area (Å²) in [5, 5.41) is 3.33. The van der Waals surface area contributed by atoms with Crippen molar-refractivity contribution >= 4 is 5.78 Å². The van der Waals surface area contributed by atoms with E-state index in [9.17, 15) is 4.79 Å². The first-order chi connectivity index (χ1) is 7.79. The lowest BCUT2D eigenvalue weighted by Gasteiger charge is -2.04. The van der Waals surface area contributed by atoms with Gasteiger partial charge in [-0.2, -0.15) is 0 Å². The summed E-state index contributed by atoms with van der Waals surface area (Å²) in [6, 6.07) is 7.95. The summed E-state index contributed by atoms with van der Waals surface area (Å²) in [4.78, 5) is 11.8. The number of benzene rings is 1. The Morgan fingerprint density at radius 1 is 1.38 bits per heavy atom. The number of Topliss-reactive ketones (excluding diaryl/α,β-unsaturated/α-hetero) is 1. The van der Waals surface area contributed by atoms with Gasteiger partial charge in [0.25, 0.3) is 0 Å². The SMILES string of the molecule is COc1ccc(C(=O)CCNC2CC2)cc1. The molecule has 0 heterocycles. The normalized spacial score (nSPS) is 14.8. The van der Waals surface area contributed by atoms with Gasteiger partial charge in [-0.15, -0.1) is 0 Å². The van der Waals surface area contributed by atoms with Crippen LogP contribution >= 0.6 is 0 Å². The molecule has 0 amide bonds. The molecule has 3 nitrogen and oxygen atoms in total. The fourth-order valence-corrected chi connectivity index (χ4v) is 1.60. The Kier molecular flexibility index (Phi) is 3.57. The summed E-state index contributed by atoms with van der Waals surface area (Å²) in [6.45, 7) is 0.787. The maximum Gasteiger partial charge on any atom is 0.164 e. The van der Waals surface area contributed by atoms with Crippen molar-refractivity contribution in [1.29, 1.82) is 0 Å². The van der Waals surface area contributed by atoms with Crippen LogP contribution < -0.4 is 10.1 Å². The molecule has 1 aliphatic carbocycles. The Bertz CT molecular complexity index is 355. The number of rotatable bonds is 6. The highest BCUT2D eigenvalue weighted by Gasteiger charge is 2.20. The molecule has 1 aromatic carbocycles. The van der Waals surface area contributed by atoms with E-state index in [1.165, 1.54) is 12.8 Å². The summed E-state index contributed by atoms with van der Waals surface area (Å²) in [5.74, 6) is 0.975. The molecule has 2 rings (SSSR count). The van der Waals surface area contributed by atoms with Gasteiger partial charge in [0.15, 0.2) is 5.78 Å². The van der Waals surface area contributed by atoms with E-state index in [0.717, 1.165) is 17.9 Å². The second-order valence-electron chi connectivity index (χ2n) is 4.13. The standard InChI is InChI=1S/C13H17NO2/c1-16-12-6-2-10(3-7-12)13(15)8-9-14-11-4-5-11/h2-3,6-7,11,14H,4-5,8-9H2,1H3. The Hall–Kier alpha value is -1.35. The zero-order chi connectivity index (χ0) is 11.4. The van der Waals surface area contributed by atoms with Crippen molar-refractivity contribution in [3.8, 4) is 5.75 Å². The van der Waals surface area contributed by atoms with E-state index in [4.69, 9.17) is 4.74 Å². The zero-order valence-corrected chi connectivity index (χ0v) is 9.53. The van der Waals surface area contributed by atoms with Crippen molar-refractivity contribution in [2.24, 2.45) is 0 Å². The van der Waals surface area contributed by atoms with Crippen LogP contribution in [0.15, 0.2) is 24.3 Å². The van der Waals surface area contributed by atoms with Crippen molar-refractivity contribution in [2.45, 2.75) is 25.3 Å². The van der Waals surface area contributed by atoms with Gasteiger partial charge in [-0.1, -0.05) is 0 Å². The van der Waals surface area contributed by atoms with Crippen molar-refractivity contribution < 1.29 is 9.53 Å². The predicted octanol–water partition coefficient (Wildman–Crippen LogP) is 2.02. The van der Waals surface area contributed by atoms with Gasteiger partial charge in [-0.3, -0.25) is 4.79 Å². The molecule has 0 aliphatic heterocycles. The molecule has 1 aromatic rings. The maximum atomic E-state index is 11.8. The summed E-state index contributed by atoms with van der Waals surface area (Å²) in [5.41, 5.74) is 0.762. The fraction of sp³-hybridized carbons (Fsp3) is 0.462. The van der Waals surface area contributed by atoms with E-state index in [-0.39, 0.29) is 5.78 Å². The molecule has 3 heteroatoms. The first kappa shape index (κ1) is 11.1. The first-order valence-electron chi connectivity index (χ1n) is 5.70. The largest absolute Gasteiger partial charge is 0.497 e. The topological polar surface area (TPSA) is 38.3 Å². The second kappa shape index (κ2) is 5.12. The molecule has 0 saturated heterocycles. The van der Waals surface area contributed by atoms with Crippen LogP contribution in [0.25, 0.3) is 0 Å². The zero-order valence-electron chi connectivity index (χ0n) is 9.53. The molecular weight excluding hydrogens is 202 g/mol. The van der Waals surface area contributed by atoms with E-state index in [1.54, 1.807) is 7.11 Å². The minimum Gasteiger partial charge on any atom is -0.497 e. The summed E-state index contributed by atoms with van der Waals surface area (Å²) in [6.07, 6.45) is 3.09. The summed E-state index contributed by atoms with van der Waals surface area (Å²) in [7, 11) is 1.62. The molecule has 1 N–H and O–H groups in total. The van der Waals surface area contributed by atoms with Gasteiger partial charge < -0.3 is 10.1 Å². The smallest absolute Gasteiger partial charge is 0.164 e. The van der Waals surface area contributed by atoms with Crippen molar-refractivity contribution in [1.82, 2.24) is 5.32 Å². The van der Waals surface area contributed by atoms with E-state index < -0.39 is 0 Å². The van der Waals surface area contributed by atoms with Crippen molar-refractivity contribution in [2.75, 3.05) is 13.7 Å². The predicted molar refractivity (Wildman–Crippen MR) is 63.0 cm³/mol. The van der Waals surface area contributed by atoms with Crippen LogP contribution in [0.4, 0.5) is 0 Å². The van der Waals surface area contributed by atoms with E-state index in [0.29, 0.717) is 12.5 Å². The first-order valence-corrected chi connectivity index (χ1v) is 5.70. The van der Waals surface area contributed by atoms with Crippen LogP contribution in [0.5, 0.6) is 5.75 Å².